The van der Waals surface area contributed by atoms with Crippen molar-refractivity contribution in [2.24, 2.45) is 0 Å². The molecule has 8 heteroatoms. The van der Waals surface area contributed by atoms with Crippen LogP contribution in [-0.2, 0) is 0 Å². The van der Waals surface area contributed by atoms with Crippen molar-refractivity contribution in [2.75, 3.05) is 5.32 Å². The number of amides is 1. The molecule has 0 saturated carbocycles. The first-order chi connectivity index (χ1) is 8.90. The number of carbonyl (C=O) groups is 1. The minimum Gasteiger partial charge on any atom is -0.502 e. The zero-order valence-corrected chi connectivity index (χ0v) is 9.90. The Morgan fingerprint density at radius 3 is 2.63 bits per heavy atom. The van der Waals surface area contributed by atoms with Gasteiger partial charge >= 0.3 is 6.09 Å². The van der Waals surface area contributed by atoms with E-state index in [2.05, 4.69) is 0 Å². The van der Waals surface area contributed by atoms with Crippen LogP contribution in [0.4, 0.5) is 15.1 Å². The SMILES string of the molecule is O=C(O)Nc1oc(-c2cc(F)ccc2Cl)c(O)c1O. The maximum atomic E-state index is 13.1. The Morgan fingerprint density at radius 1 is 1.32 bits per heavy atom. The van der Waals surface area contributed by atoms with Gasteiger partial charge in [0, 0.05) is 5.56 Å². The fraction of sp³-hybridized carbons (Fsp3) is 0. The Bertz CT molecular complexity index is 655. The fourth-order valence-corrected chi connectivity index (χ4v) is 1.65. The highest BCUT2D eigenvalue weighted by Crippen LogP contribution is 2.46. The third-order valence-corrected chi connectivity index (χ3v) is 2.58. The number of carboxylic acid groups (broad SMARTS) is 1. The quantitative estimate of drug-likeness (QED) is 0.679. The number of halogens is 2. The van der Waals surface area contributed by atoms with Gasteiger partial charge in [-0.3, -0.25) is 5.32 Å². The second-order valence-electron chi connectivity index (χ2n) is 3.51. The van der Waals surface area contributed by atoms with Crippen molar-refractivity contribution >= 4 is 23.6 Å². The summed E-state index contributed by atoms with van der Waals surface area (Å²) < 4.78 is 18.1. The molecular formula is C11H7ClFNO5. The molecule has 0 atom stereocenters. The number of nitrogens with one attached hydrogen (secondary N) is 1. The molecule has 2 rings (SSSR count). The van der Waals surface area contributed by atoms with Gasteiger partial charge in [0.1, 0.15) is 5.82 Å². The summed E-state index contributed by atoms with van der Waals surface area (Å²) in [7, 11) is 0. The smallest absolute Gasteiger partial charge is 0.411 e. The van der Waals surface area contributed by atoms with Gasteiger partial charge in [0.25, 0.3) is 0 Å². The van der Waals surface area contributed by atoms with E-state index < -0.39 is 29.3 Å². The number of furan rings is 1. The molecule has 0 spiro atoms. The van der Waals surface area contributed by atoms with E-state index in [-0.39, 0.29) is 16.3 Å². The monoisotopic (exact) mass is 287 g/mol. The molecule has 0 aliphatic rings. The largest absolute Gasteiger partial charge is 0.502 e. The van der Waals surface area contributed by atoms with Crippen molar-refractivity contribution in [3.8, 4) is 22.8 Å². The normalized spacial score (nSPS) is 10.4. The lowest BCUT2D eigenvalue weighted by Gasteiger charge is -2.01. The van der Waals surface area contributed by atoms with Gasteiger partial charge in [0.05, 0.1) is 5.02 Å². The molecule has 6 nitrogen and oxygen atoms in total. The van der Waals surface area contributed by atoms with E-state index in [0.717, 1.165) is 12.1 Å². The zero-order chi connectivity index (χ0) is 14.2. The van der Waals surface area contributed by atoms with E-state index in [1.165, 1.54) is 6.07 Å². The van der Waals surface area contributed by atoms with Crippen LogP contribution in [0, 0.1) is 5.82 Å². The minimum atomic E-state index is -1.50. The first-order valence-corrected chi connectivity index (χ1v) is 5.28. The number of hydrogen-bond donors (Lipinski definition) is 4. The summed E-state index contributed by atoms with van der Waals surface area (Å²) in [6, 6.07) is 3.31. The van der Waals surface area contributed by atoms with Crippen LogP contribution in [0.5, 0.6) is 11.5 Å². The lowest BCUT2D eigenvalue weighted by molar-refractivity contribution is 0.209. The molecule has 0 aliphatic heterocycles. The molecule has 2 aromatic rings. The van der Waals surface area contributed by atoms with Crippen LogP contribution in [0.15, 0.2) is 22.6 Å². The Labute approximate surface area is 110 Å². The van der Waals surface area contributed by atoms with Crippen LogP contribution in [0.3, 0.4) is 0 Å². The van der Waals surface area contributed by atoms with Crippen molar-refractivity contribution in [3.05, 3.63) is 29.0 Å². The van der Waals surface area contributed by atoms with Crippen LogP contribution in [0.1, 0.15) is 0 Å². The van der Waals surface area contributed by atoms with Gasteiger partial charge in [-0.15, -0.1) is 0 Å². The Morgan fingerprint density at radius 2 is 2.00 bits per heavy atom. The number of anilines is 1. The lowest BCUT2D eigenvalue weighted by atomic mass is 10.1. The highest BCUT2D eigenvalue weighted by molar-refractivity contribution is 6.33. The summed E-state index contributed by atoms with van der Waals surface area (Å²) in [6.45, 7) is 0. The van der Waals surface area contributed by atoms with Gasteiger partial charge in [0.15, 0.2) is 5.76 Å². The average molecular weight is 288 g/mol. The molecule has 1 amide bonds. The fourth-order valence-electron chi connectivity index (χ4n) is 1.45. The molecule has 19 heavy (non-hydrogen) atoms. The van der Waals surface area contributed by atoms with Crippen LogP contribution in [-0.4, -0.2) is 21.4 Å². The van der Waals surface area contributed by atoms with Gasteiger partial charge in [-0.1, -0.05) is 11.6 Å². The standard InChI is InChI=1S/C11H7ClFNO5/c12-6-2-1-4(13)3-5(6)9-7(15)8(16)10(19-9)14-11(17)18/h1-3,14-16H,(H,17,18). The Kier molecular flexibility index (Phi) is 3.22. The zero-order valence-electron chi connectivity index (χ0n) is 9.15. The molecule has 0 aliphatic carbocycles. The van der Waals surface area contributed by atoms with Gasteiger partial charge in [-0.25, -0.2) is 9.18 Å². The first-order valence-electron chi connectivity index (χ1n) is 4.90. The number of aromatic hydroxyl groups is 2. The van der Waals surface area contributed by atoms with Crippen molar-refractivity contribution in [1.82, 2.24) is 0 Å². The Balaban J connectivity index is 2.57. The second-order valence-corrected chi connectivity index (χ2v) is 3.92. The molecule has 1 heterocycles. The molecule has 1 aromatic heterocycles. The molecule has 1 aromatic carbocycles. The topological polar surface area (TPSA) is 103 Å². The summed E-state index contributed by atoms with van der Waals surface area (Å²) in [5.74, 6) is -3.11. The molecule has 0 bridgehead atoms. The number of benzene rings is 1. The maximum Gasteiger partial charge on any atom is 0.411 e. The van der Waals surface area contributed by atoms with E-state index in [4.69, 9.17) is 21.1 Å². The third-order valence-electron chi connectivity index (χ3n) is 2.25. The van der Waals surface area contributed by atoms with E-state index in [1.807, 2.05) is 0 Å². The predicted molar refractivity (Wildman–Crippen MR) is 64.1 cm³/mol. The highest BCUT2D eigenvalue weighted by atomic mass is 35.5. The van der Waals surface area contributed by atoms with Crippen LogP contribution in [0.2, 0.25) is 5.02 Å². The van der Waals surface area contributed by atoms with Crippen molar-refractivity contribution in [1.29, 1.82) is 0 Å². The summed E-state index contributed by atoms with van der Waals surface area (Å²) in [6.07, 6.45) is -1.50. The predicted octanol–water partition coefficient (Wildman–Crippen LogP) is 3.24. The summed E-state index contributed by atoms with van der Waals surface area (Å²) in [4.78, 5) is 10.4. The average Bonchev–Trinajstić information content (AvgIpc) is 2.60. The minimum absolute atomic E-state index is 0.0205. The third kappa shape index (κ3) is 2.41. The molecule has 4 N–H and O–H groups in total. The molecule has 0 radical (unpaired) electrons. The lowest BCUT2D eigenvalue weighted by Crippen LogP contribution is -2.06. The van der Waals surface area contributed by atoms with Gasteiger partial charge in [0.2, 0.25) is 17.4 Å². The van der Waals surface area contributed by atoms with E-state index in [0.29, 0.717) is 0 Å². The van der Waals surface area contributed by atoms with Crippen molar-refractivity contribution in [2.45, 2.75) is 0 Å². The van der Waals surface area contributed by atoms with E-state index in [1.54, 1.807) is 5.32 Å². The van der Waals surface area contributed by atoms with Crippen LogP contribution < -0.4 is 5.32 Å². The molecule has 100 valence electrons. The van der Waals surface area contributed by atoms with E-state index >= 15 is 0 Å². The highest BCUT2D eigenvalue weighted by Gasteiger charge is 2.23. The maximum absolute atomic E-state index is 13.1. The summed E-state index contributed by atoms with van der Waals surface area (Å²) >= 11 is 5.81. The Hall–Kier alpha value is -2.41. The van der Waals surface area contributed by atoms with Crippen molar-refractivity contribution in [3.63, 3.8) is 0 Å². The van der Waals surface area contributed by atoms with E-state index in [9.17, 15) is 19.4 Å². The van der Waals surface area contributed by atoms with Gasteiger partial charge < -0.3 is 19.7 Å². The van der Waals surface area contributed by atoms with Gasteiger partial charge in [-0.2, -0.15) is 0 Å². The van der Waals surface area contributed by atoms with Crippen LogP contribution in [0.25, 0.3) is 11.3 Å². The molecular weight excluding hydrogens is 281 g/mol. The molecule has 0 fully saturated rings. The summed E-state index contributed by atoms with van der Waals surface area (Å²) in [5.41, 5.74) is -0.0205. The number of rotatable bonds is 2. The number of hydrogen-bond acceptors (Lipinski definition) is 4. The molecule has 0 unspecified atom stereocenters. The summed E-state index contributed by atoms with van der Waals surface area (Å²) in [5, 5.41) is 29.4. The molecule has 0 saturated heterocycles. The van der Waals surface area contributed by atoms with Crippen molar-refractivity contribution < 1.29 is 28.9 Å². The van der Waals surface area contributed by atoms with Gasteiger partial charge in [-0.05, 0) is 18.2 Å². The first kappa shape index (κ1) is 13.0. The van der Waals surface area contributed by atoms with Crippen LogP contribution >= 0.6 is 11.6 Å². The second kappa shape index (κ2) is 4.69.